The van der Waals surface area contributed by atoms with Crippen LogP contribution in [0.25, 0.3) is 0 Å². The number of hydrogen-bond acceptors (Lipinski definition) is 1. The molecule has 1 aromatic rings. The predicted octanol–water partition coefficient (Wildman–Crippen LogP) is 3.05. The van der Waals surface area contributed by atoms with Gasteiger partial charge in [-0.1, -0.05) is 30.3 Å². The topological polar surface area (TPSA) is 37.3 Å². The number of carbonyl (C=O) groups is 1. The van der Waals surface area contributed by atoms with Crippen molar-refractivity contribution in [2.75, 3.05) is 0 Å². The summed E-state index contributed by atoms with van der Waals surface area (Å²) in [5, 5.41) is 8.73. The lowest BCUT2D eigenvalue weighted by Gasteiger charge is -2.10. The van der Waals surface area contributed by atoms with E-state index in [-0.39, 0.29) is 0 Å². The molecule has 0 radical (unpaired) electrons. The van der Waals surface area contributed by atoms with Crippen LogP contribution in [-0.4, -0.2) is 11.1 Å². The summed E-state index contributed by atoms with van der Waals surface area (Å²) in [4.78, 5) is 10.6. The largest absolute Gasteiger partial charge is 0.481 e. The Bertz CT molecular complexity index is 332. The van der Waals surface area contributed by atoms with Crippen molar-refractivity contribution in [3.63, 3.8) is 0 Å². The van der Waals surface area contributed by atoms with Crippen molar-refractivity contribution in [2.24, 2.45) is 5.92 Å². The molecule has 2 nitrogen and oxygen atoms in total. The van der Waals surface area contributed by atoms with Gasteiger partial charge in [0.2, 0.25) is 0 Å². The summed E-state index contributed by atoms with van der Waals surface area (Å²) in [7, 11) is 0. The first-order valence-electron chi connectivity index (χ1n) is 5.52. The van der Waals surface area contributed by atoms with Crippen LogP contribution in [0.15, 0.2) is 30.3 Å². The van der Waals surface area contributed by atoms with E-state index in [0.29, 0.717) is 18.3 Å². The second kappa shape index (κ2) is 4.47. The van der Waals surface area contributed by atoms with Gasteiger partial charge in [-0.25, -0.2) is 0 Å². The Labute approximate surface area is 89.9 Å². The Kier molecular flexibility index (Phi) is 3.05. The van der Waals surface area contributed by atoms with Crippen molar-refractivity contribution < 1.29 is 9.90 Å². The summed E-state index contributed by atoms with van der Waals surface area (Å²) < 4.78 is 0. The average Bonchev–Trinajstić information content (AvgIpc) is 2.67. The van der Waals surface area contributed by atoms with Crippen molar-refractivity contribution in [1.29, 1.82) is 0 Å². The molecule has 1 N–H and O–H groups in total. The van der Waals surface area contributed by atoms with Gasteiger partial charge in [-0.15, -0.1) is 0 Å². The predicted molar refractivity (Wildman–Crippen MR) is 58.8 cm³/mol. The van der Waals surface area contributed by atoms with E-state index in [1.54, 1.807) is 0 Å². The van der Waals surface area contributed by atoms with Crippen LogP contribution in [0, 0.1) is 5.92 Å². The fourth-order valence-electron chi connectivity index (χ4n) is 2.54. The molecule has 0 bridgehead atoms. The highest BCUT2D eigenvalue weighted by molar-refractivity contribution is 5.67. The molecule has 2 heteroatoms. The van der Waals surface area contributed by atoms with Crippen molar-refractivity contribution in [3.8, 4) is 0 Å². The van der Waals surface area contributed by atoms with Gasteiger partial charge in [0.15, 0.2) is 0 Å². The molecule has 1 aromatic carbocycles. The Hall–Kier alpha value is -1.31. The lowest BCUT2D eigenvalue weighted by molar-refractivity contribution is -0.138. The minimum atomic E-state index is -0.659. The summed E-state index contributed by atoms with van der Waals surface area (Å²) in [6.45, 7) is 0. The Morgan fingerprint density at radius 3 is 2.67 bits per heavy atom. The van der Waals surface area contributed by atoms with E-state index in [2.05, 4.69) is 24.3 Å². The van der Waals surface area contributed by atoms with Crippen LogP contribution < -0.4 is 0 Å². The molecule has 0 saturated heterocycles. The van der Waals surface area contributed by atoms with Crippen LogP contribution in [0.5, 0.6) is 0 Å². The van der Waals surface area contributed by atoms with Gasteiger partial charge >= 0.3 is 5.97 Å². The minimum Gasteiger partial charge on any atom is -0.481 e. The monoisotopic (exact) mass is 204 g/mol. The van der Waals surface area contributed by atoms with Crippen LogP contribution in [0.4, 0.5) is 0 Å². The third kappa shape index (κ3) is 2.58. The highest BCUT2D eigenvalue weighted by Crippen LogP contribution is 2.39. The molecule has 80 valence electrons. The van der Waals surface area contributed by atoms with E-state index in [0.717, 1.165) is 19.3 Å². The molecular weight excluding hydrogens is 188 g/mol. The maximum absolute atomic E-state index is 10.6. The first-order chi connectivity index (χ1) is 7.25. The molecule has 0 amide bonds. The van der Waals surface area contributed by atoms with E-state index in [4.69, 9.17) is 5.11 Å². The van der Waals surface area contributed by atoms with Gasteiger partial charge in [-0.3, -0.25) is 4.79 Å². The van der Waals surface area contributed by atoms with Gasteiger partial charge in [0.05, 0.1) is 0 Å². The van der Waals surface area contributed by atoms with Crippen molar-refractivity contribution in [1.82, 2.24) is 0 Å². The van der Waals surface area contributed by atoms with E-state index >= 15 is 0 Å². The van der Waals surface area contributed by atoms with Crippen molar-refractivity contribution >= 4 is 5.97 Å². The van der Waals surface area contributed by atoms with Crippen LogP contribution in [0.3, 0.4) is 0 Å². The first-order valence-corrected chi connectivity index (χ1v) is 5.52. The maximum atomic E-state index is 10.6. The smallest absolute Gasteiger partial charge is 0.303 e. The Balaban J connectivity index is 1.96. The summed E-state index contributed by atoms with van der Waals surface area (Å²) in [6.07, 6.45) is 3.58. The van der Waals surface area contributed by atoms with Gasteiger partial charge in [0.1, 0.15) is 0 Å². The molecule has 0 heterocycles. The summed E-state index contributed by atoms with van der Waals surface area (Å²) >= 11 is 0. The second-order valence-corrected chi connectivity index (χ2v) is 4.38. The minimum absolute atomic E-state index is 0.337. The number of carboxylic acids is 1. The molecular formula is C13H16O2. The molecule has 15 heavy (non-hydrogen) atoms. The van der Waals surface area contributed by atoms with Gasteiger partial charge < -0.3 is 5.11 Å². The number of carboxylic acid groups (broad SMARTS) is 1. The molecule has 0 aliphatic heterocycles. The molecule has 1 aliphatic carbocycles. The molecule has 1 aliphatic rings. The molecule has 1 saturated carbocycles. The third-order valence-electron chi connectivity index (χ3n) is 3.28. The van der Waals surface area contributed by atoms with Crippen molar-refractivity contribution in [2.45, 2.75) is 31.6 Å². The zero-order chi connectivity index (χ0) is 10.7. The fraction of sp³-hybridized carbons (Fsp3) is 0.462. The van der Waals surface area contributed by atoms with E-state index < -0.39 is 5.97 Å². The van der Waals surface area contributed by atoms with Crippen LogP contribution in [0.1, 0.15) is 37.2 Å². The molecule has 1 fully saturated rings. The zero-order valence-electron chi connectivity index (χ0n) is 8.73. The normalized spacial score (nSPS) is 25.3. The standard InChI is InChI=1S/C13H16O2/c14-13(15)9-10-6-7-12(8-10)11-4-2-1-3-5-11/h1-5,10,12H,6-9H2,(H,14,15). The fourth-order valence-corrected chi connectivity index (χ4v) is 2.54. The molecule has 0 spiro atoms. The van der Waals surface area contributed by atoms with Gasteiger partial charge in [-0.05, 0) is 36.7 Å². The second-order valence-electron chi connectivity index (χ2n) is 4.38. The van der Waals surface area contributed by atoms with E-state index in [1.165, 1.54) is 5.56 Å². The van der Waals surface area contributed by atoms with E-state index in [1.807, 2.05) is 6.07 Å². The highest BCUT2D eigenvalue weighted by Gasteiger charge is 2.26. The van der Waals surface area contributed by atoms with Gasteiger partial charge in [0, 0.05) is 6.42 Å². The number of aliphatic carboxylic acids is 1. The van der Waals surface area contributed by atoms with Crippen molar-refractivity contribution in [3.05, 3.63) is 35.9 Å². The van der Waals surface area contributed by atoms with Gasteiger partial charge in [0.25, 0.3) is 0 Å². The summed E-state index contributed by atoms with van der Waals surface area (Å²) in [5.74, 6) is 0.303. The Morgan fingerprint density at radius 1 is 1.27 bits per heavy atom. The average molecular weight is 204 g/mol. The first kappa shape index (κ1) is 10.2. The van der Waals surface area contributed by atoms with E-state index in [9.17, 15) is 4.79 Å². The summed E-state index contributed by atoms with van der Waals surface area (Å²) in [6, 6.07) is 10.4. The molecule has 2 atom stereocenters. The Morgan fingerprint density at radius 2 is 2.00 bits per heavy atom. The summed E-state index contributed by atoms with van der Waals surface area (Å²) in [5.41, 5.74) is 1.37. The van der Waals surface area contributed by atoms with Crippen LogP contribution in [0.2, 0.25) is 0 Å². The molecule has 0 aromatic heterocycles. The zero-order valence-corrected chi connectivity index (χ0v) is 8.73. The maximum Gasteiger partial charge on any atom is 0.303 e. The van der Waals surface area contributed by atoms with Crippen LogP contribution >= 0.6 is 0 Å². The quantitative estimate of drug-likeness (QED) is 0.821. The number of rotatable bonds is 3. The third-order valence-corrected chi connectivity index (χ3v) is 3.28. The number of hydrogen-bond donors (Lipinski definition) is 1. The van der Waals surface area contributed by atoms with Crippen LogP contribution in [-0.2, 0) is 4.79 Å². The lowest BCUT2D eigenvalue weighted by atomic mass is 9.95. The highest BCUT2D eigenvalue weighted by atomic mass is 16.4. The number of benzene rings is 1. The van der Waals surface area contributed by atoms with Gasteiger partial charge in [-0.2, -0.15) is 0 Å². The SMILES string of the molecule is O=C(O)CC1CCC(c2ccccc2)C1. The molecule has 2 rings (SSSR count). The lowest BCUT2D eigenvalue weighted by Crippen LogP contribution is -2.04. The molecule has 2 unspecified atom stereocenters.